The lowest BCUT2D eigenvalue weighted by Crippen LogP contribution is -2.35. The van der Waals surface area contributed by atoms with Gasteiger partial charge in [0.25, 0.3) is 10.1 Å². The van der Waals surface area contributed by atoms with E-state index in [0.717, 1.165) is 6.26 Å². The first-order valence-corrected chi connectivity index (χ1v) is 8.80. The van der Waals surface area contributed by atoms with Gasteiger partial charge in [0.05, 0.1) is 12.4 Å². The van der Waals surface area contributed by atoms with Crippen molar-refractivity contribution in [2.45, 2.75) is 13.0 Å². The summed E-state index contributed by atoms with van der Waals surface area (Å²) in [5, 5.41) is 3.10. The third kappa shape index (κ3) is 7.04. The van der Waals surface area contributed by atoms with Gasteiger partial charge < -0.3 is 5.73 Å². The molecule has 0 amide bonds. The van der Waals surface area contributed by atoms with E-state index in [1.165, 1.54) is 0 Å². The van der Waals surface area contributed by atoms with Crippen LogP contribution in [0.3, 0.4) is 0 Å². The standard InChI is InChI=1S/C6H18N2O3P2S/c1-5(11-14(2,9)10)6(3-7)4-8-13-12/h5-6,8,13H,3-4,7,12H2,1-2H3. The normalized spacial score (nSPS) is 17.4. The SMILES string of the molecule is CC(OS(C)(=O)=O)C(CN)CNPP. The van der Waals surface area contributed by atoms with Crippen molar-refractivity contribution in [3.8, 4) is 0 Å². The van der Waals surface area contributed by atoms with Crippen LogP contribution in [0.25, 0.3) is 0 Å². The first-order chi connectivity index (χ1) is 6.40. The van der Waals surface area contributed by atoms with E-state index < -0.39 is 10.1 Å². The van der Waals surface area contributed by atoms with Crippen molar-refractivity contribution in [3.63, 3.8) is 0 Å². The summed E-state index contributed by atoms with van der Waals surface area (Å²) in [6.45, 7) is 2.78. The highest BCUT2D eigenvalue weighted by Gasteiger charge is 2.19. The Labute approximate surface area is 89.6 Å². The van der Waals surface area contributed by atoms with Crippen LogP contribution in [0.4, 0.5) is 0 Å². The van der Waals surface area contributed by atoms with Crippen LogP contribution in [0, 0.1) is 5.92 Å². The van der Waals surface area contributed by atoms with E-state index in [1.54, 1.807) is 6.92 Å². The van der Waals surface area contributed by atoms with Gasteiger partial charge in [-0.25, -0.2) is 0 Å². The van der Waals surface area contributed by atoms with E-state index >= 15 is 0 Å². The molecule has 5 nitrogen and oxygen atoms in total. The minimum atomic E-state index is -3.39. The molecule has 0 aromatic rings. The molecule has 3 N–H and O–H groups in total. The zero-order valence-electron chi connectivity index (χ0n) is 8.36. The predicted octanol–water partition coefficient (Wildman–Crippen LogP) is -0.101. The average Bonchev–Trinajstić information content (AvgIpc) is 2.02. The van der Waals surface area contributed by atoms with Gasteiger partial charge in [-0.2, -0.15) is 8.42 Å². The summed E-state index contributed by atoms with van der Waals surface area (Å²) in [5.41, 5.74) is 5.51. The lowest BCUT2D eigenvalue weighted by atomic mass is 10.1. The van der Waals surface area contributed by atoms with Gasteiger partial charge in [-0.15, -0.1) is 0 Å². The molecule has 8 heteroatoms. The molecule has 0 saturated carbocycles. The highest BCUT2D eigenvalue weighted by molar-refractivity contribution is 8.01. The summed E-state index contributed by atoms with van der Waals surface area (Å²) in [7, 11) is -0.295. The van der Waals surface area contributed by atoms with Crippen LogP contribution in [0.5, 0.6) is 0 Å². The second kappa shape index (κ2) is 7.04. The Morgan fingerprint density at radius 1 is 1.64 bits per heavy atom. The smallest absolute Gasteiger partial charge is 0.264 e. The minimum absolute atomic E-state index is 0.0118. The molecule has 0 aromatic heterocycles. The topological polar surface area (TPSA) is 81.4 Å². The molecule has 0 aliphatic rings. The van der Waals surface area contributed by atoms with Crippen LogP contribution >= 0.6 is 17.3 Å². The Morgan fingerprint density at radius 2 is 2.21 bits per heavy atom. The molecule has 0 spiro atoms. The number of nitrogens with one attached hydrogen (secondary N) is 1. The molecule has 0 heterocycles. The van der Waals surface area contributed by atoms with Crippen molar-refractivity contribution in [2.24, 2.45) is 11.7 Å². The second-order valence-electron chi connectivity index (χ2n) is 3.03. The molecule has 0 aliphatic carbocycles. The third-order valence-electron chi connectivity index (χ3n) is 1.76. The summed E-state index contributed by atoms with van der Waals surface area (Å²) in [6, 6.07) is 0. The van der Waals surface area contributed by atoms with E-state index in [4.69, 9.17) is 9.92 Å². The Hall–Kier alpha value is 0.690. The van der Waals surface area contributed by atoms with Crippen molar-refractivity contribution >= 4 is 27.5 Å². The molecule has 86 valence electrons. The maximum Gasteiger partial charge on any atom is 0.264 e. The quantitative estimate of drug-likeness (QED) is 0.493. The Kier molecular flexibility index (Phi) is 7.39. The van der Waals surface area contributed by atoms with Crippen molar-refractivity contribution in [3.05, 3.63) is 0 Å². The van der Waals surface area contributed by atoms with E-state index in [0.29, 0.717) is 21.5 Å². The summed E-state index contributed by atoms with van der Waals surface area (Å²) in [6.07, 6.45) is 0.658. The van der Waals surface area contributed by atoms with Crippen LogP contribution in [-0.4, -0.2) is 33.9 Å². The molecule has 0 saturated heterocycles. The Balaban J connectivity index is 4.10. The molecule has 0 radical (unpaired) electrons. The molecule has 4 unspecified atom stereocenters. The fourth-order valence-corrected chi connectivity index (χ4v) is 2.43. The molecule has 0 bridgehead atoms. The molecule has 0 aliphatic heterocycles. The Morgan fingerprint density at radius 3 is 2.57 bits per heavy atom. The van der Waals surface area contributed by atoms with E-state index in [1.807, 2.05) is 0 Å². The van der Waals surface area contributed by atoms with E-state index in [9.17, 15) is 8.42 Å². The Bertz CT molecular complexity index is 247. The molecule has 0 aromatic carbocycles. The highest BCUT2D eigenvalue weighted by Crippen LogP contribution is 2.16. The van der Waals surface area contributed by atoms with Gasteiger partial charge in [0.15, 0.2) is 0 Å². The zero-order valence-corrected chi connectivity index (χ0v) is 11.3. The van der Waals surface area contributed by atoms with Gasteiger partial charge >= 0.3 is 0 Å². The van der Waals surface area contributed by atoms with Gasteiger partial charge in [-0.05, 0) is 21.9 Å². The molecular weight excluding hydrogens is 242 g/mol. The fraction of sp³-hybridized carbons (Fsp3) is 1.00. The highest BCUT2D eigenvalue weighted by atomic mass is 32.2. The maximum atomic E-state index is 10.9. The summed E-state index contributed by atoms with van der Waals surface area (Å²) >= 11 is 0. The molecule has 14 heavy (non-hydrogen) atoms. The number of nitrogens with two attached hydrogens (primary N) is 1. The predicted molar refractivity (Wildman–Crippen MR) is 64.0 cm³/mol. The van der Waals surface area contributed by atoms with Crippen LogP contribution in [0.15, 0.2) is 0 Å². The van der Waals surface area contributed by atoms with Crippen LogP contribution in [-0.2, 0) is 14.3 Å². The monoisotopic (exact) mass is 260 g/mol. The van der Waals surface area contributed by atoms with Crippen LogP contribution < -0.4 is 10.8 Å². The fourth-order valence-electron chi connectivity index (χ4n) is 0.985. The third-order valence-corrected chi connectivity index (χ3v) is 3.43. The summed E-state index contributed by atoms with van der Waals surface area (Å²) < 4.78 is 26.5. The maximum absolute atomic E-state index is 10.9. The largest absolute Gasteiger partial charge is 0.330 e. The number of rotatable bonds is 7. The van der Waals surface area contributed by atoms with Gasteiger partial charge in [0, 0.05) is 12.5 Å². The lowest BCUT2D eigenvalue weighted by Gasteiger charge is -2.21. The lowest BCUT2D eigenvalue weighted by molar-refractivity contribution is 0.166. The number of hydrogen-bond acceptors (Lipinski definition) is 5. The van der Waals surface area contributed by atoms with Gasteiger partial charge in [-0.3, -0.25) is 9.27 Å². The van der Waals surface area contributed by atoms with E-state index in [-0.39, 0.29) is 12.0 Å². The van der Waals surface area contributed by atoms with Crippen molar-refractivity contribution in [2.75, 3.05) is 19.3 Å². The summed E-state index contributed by atoms with van der Waals surface area (Å²) in [4.78, 5) is 0. The second-order valence-corrected chi connectivity index (χ2v) is 6.14. The van der Waals surface area contributed by atoms with Crippen molar-refractivity contribution < 1.29 is 12.6 Å². The van der Waals surface area contributed by atoms with Crippen molar-refractivity contribution in [1.29, 1.82) is 0 Å². The molecule has 4 atom stereocenters. The first kappa shape index (κ1) is 14.7. The van der Waals surface area contributed by atoms with Crippen LogP contribution in [0.1, 0.15) is 6.92 Å². The zero-order chi connectivity index (χ0) is 11.2. The summed E-state index contributed by atoms with van der Waals surface area (Å²) in [5.74, 6) is 0.0118. The van der Waals surface area contributed by atoms with Crippen molar-refractivity contribution in [1.82, 2.24) is 5.09 Å². The van der Waals surface area contributed by atoms with E-state index in [2.05, 4.69) is 14.0 Å². The number of hydrogen-bond donors (Lipinski definition) is 2. The molecule has 0 fully saturated rings. The van der Waals surface area contributed by atoms with Gasteiger partial charge in [-0.1, -0.05) is 8.93 Å². The van der Waals surface area contributed by atoms with Crippen LogP contribution in [0.2, 0.25) is 0 Å². The molecular formula is C6H18N2O3P2S. The van der Waals surface area contributed by atoms with Gasteiger partial charge in [0.1, 0.15) is 0 Å². The first-order valence-electron chi connectivity index (χ1n) is 4.17. The molecule has 0 rings (SSSR count). The van der Waals surface area contributed by atoms with Gasteiger partial charge in [0.2, 0.25) is 0 Å². The average molecular weight is 260 g/mol. The minimum Gasteiger partial charge on any atom is -0.330 e.